The summed E-state index contributed by atoms with van der Waals surface area (Å²) in [4.78, 5) is 27.2. The van der Waals surface area contributed by atoms with Gasteiger partial charge in [0.25, 0.3) is 11.7 Å². The maximum atomic E-state index is 13.4. The smallest absolute Gasteiger partial charge is 0.416 e. The van der Waals surface area contributed by atoms with Gasteiger partial charge in [0.05, 0.1) is 24.5 Å². The standard InChI is InChI=1S/C27H24F3NO5/c1-26(2,3)18-13-15(10-11-19(18)35-4)23(32)21-22(20-9-6-12-36-20)31(25(34)24(21)33)17-8-5-7-16(14-17)27(28,29)30/h5-14,22,32H,1-4H3/b23-21-. The van der Waals surface area contributed by atoms with Crippen molar-refractivity contribution in [2.75, 3.05) is 12.0 Å². The Balaban J connectivity index is 1.93. The molecular formula is C27H24F3NO5. The number of rotatable bonds is 4. The molecule has 0 bridgehead atoms. The highest BCUT2D eigenvalue weighted by molar-refractivity contribution is 6.51. The van der Waals surface area contributed by atoms with Crippen molar-refractivity contribution in [2.45, 2.75) is 38.4 Å². The van der Waals surface area contributed by atoms with Crippen molar-refractivity contribution in [1.29, 1.82) is 0 Å². The summed E-state index contributed by atoms with van der Waals surface area (Å²) in [7, 11) is 1.52. The number of alkyl halides is 3. The van der Waals surface area contributed by atoms with E-state index in [0.29, 0.717) is 5.75 Å². The number of nitrogens with zero attached hydrogens (tertiary/aromatic N) is 1. The number of halogens is 3. The van der Waals surface area contributed by atoms with Crippen molar-refractivity contribution in [2.24, 2.45) is 0 Å². The molecule has 3 aromatic rings. The number of aliphatic hydroxyl groups is 1. The topological polar surface area (TPSA) is 80.0 Å². The first-order valence-electron chi connectivity index (χ1n) is 11.0. The lowest BCUT2D eigenvalue weighted by Gasteiger charge is -2.25. The van der Waals surface area contributed by atoms with E-state index in [1.54, 1.807) is 18.2 Å². The molecule has 1 unspecified atom stereocenters. The van der Waals surface area contributed by atoms with Gasteiger partial charge in [-0.2, -0.15) is 13.2 Å². The van der Waals surface area contributed by atoms with Crippen LogP contribution in [0.5, 0.6) is 5.75 Å². The van der Waals surface area contributed by atoms with Crippen molar-refractivity contribution in [3.8, 4) is 5.75 Å². The molecule has 0 radical (unpaired) electrons. The highest BCUT2D eigenvalue weighted by Gasteiger charge is 2.48. The molecule has 36 heavy (non-hydrogen) atoms. The molecule has 9 heteroatoms. The Bertz CT molecular complexity index is 1350. The third-order valence-corrected chi connectivity index (χ3v) is 5.99. The molecular weight excluding hydrogens is 475 g/mol. The Morgan fingerprint density at radius 2 is 1.75 bits per heavy atom. The zero-order valence-corrected chi connectivity index (χ0v) is 20.0. The second kappa shape index (κ2) is 8.89. The maximum absolute atomic E-state index is 13.4. The van der Waals surface area contributed by atoms with Crippen molar-refractivity contribution in [3.63, 3.8) is 0 Å². The number of benzene rings is 2. The van der Waals surface area contributed by atoms with Crippen LogP contribution in [0.1, 0.15) is 49.3 Å². The van der Waals surface area contributed by atoms with E-state index in [2.05, 4.69) is 0 Å². The molecule has 1 atom stereocenters. The molecule has 1 amide bonds. The number of carbonyl (C=O) groups is 2. The minimum atomic E-state index is -4.66. The molecule has 1 fully saturated rings. The molecule has 0 saturated carbocycles. The van der Waals surface area contributed by atoms with Crippen molar-refractivity contribution < 1.29 is 37.0 Å². The molecule has 2 heterocycles. The minimum Gasteiger partial charge on any atom is -0.507 e. The first-order valence-corrected chi connectivity index (χ1v) is 11.0. The number of anilines is 1. The zero-order chi connectivity index (χ0) is 26.4. The molecule has 6 nitrogen and oxygen atoms in total. The first kappa shape index (κ1) is 25.1. The van der Waals surface area contributed by atoms with Crippen LogP contribution in [0.25, 0.3) is 5.76 Å². The quantitative estimate of drug-likeness (QED) is 0.262. The van der Waals surface area contributed by atoms with E-state index in [4.69, 9.17) is 9.15 Å². The van der Waals surface area contributed by atoms with Gasteiger partial charge in [0.2, 0.25) is 0 Å². The number of carbonyl (C=O) groups excluding carboxylic acids is 2. The maximum Gasteiger partial charge on any atom is 0.416 e. The van der Waals surface area contributed by atoms with Gasteiger partial charge in [-0.05, 0) is 53.9 Å². The summed E-state index contributed by atoms with van der Waals surface area (Å²) >= 11 is 0. The lowest BCUT2D eigenvalue weighted by Crippen LogP contribution is -2.29. The van der Waals surface area contributed by atoms with Gasteiger partial charge in [-0.15, -0.1) is 0 Å². The molecule has 188 valence electrons. The Labute approximate surface area is 205 Å². The number of amides is 1. The largest absolute Gasteiger partial charge is 0.507 e. The monoisotopic (exact) mass is 499 g/mol. The highest BCUT2D eigenvalue weighted by atomic mass is 19.4. The fraction of sp³-hybridized carbons (Fsp3) is 0.259. The summed E-state index contributed by atoms with van der Waals surface area (Å²) in [6.07, 6.45) is -3.34. The van der Waals surface area contributed by atoms with Gasteiger partial charge in [-0.25, -0.2) is 0 Å². The normalized spacial score (nSPS) is 18.1. The van der Waals surface area contributed by atoms with Gasteiger partial charge >= 0.3 is 6.18 Å². The fourth-order valence-electron chi connectivity index (χ4n) is 4.24. The second-order valence-electron chi connectivity index (χ2n) is 9.40. The lowest BCUT2D eigenvalue weighted by atomic mass is 9.84. The van der Waals surface area contributed by atoms with E-state index in [1.807, 2.05) is 20.8 Å². The highest BCUT2D eigenvalue weighted by Crippen LogP contribution is 2.44. The van der Waals surface area contributed by atoms with Crippen LogP contribution in [0.2, 0.25) is 0 Å². The summed E-state index contributed by atoms with van der Waals surface area (Å²) in [5.41, 5.74) is -0.818. The number of hydrogen-bond donors (Lipinski definition) is 1. The molecule has 1 aliphatic heterocycles. The number of methoxy groups -OCH3 is 1. The number of furan rings is 1. The van der Waals surface area contributed by atoms with Crippen molar-refractivity contribution in [3.05, 3.63) is 88.9 Å². The van der Waals surface area contributed by atoms with Gasteiger partial charge in [-0.3, -0.25) is 14.5 Å². The number of ketones is 1. The number of aliphatic hydroxyl groups excluding tert-OH is 1. The summed E-state index contributed by atoms with van der Waals surface area (Å²) in [5, 5.41) is 11.3. The van der Waals surface area contributed by atoms with Crippen LogP contribution in [0.3, 0.4) is 0 Å². The lowest BCUT2D eigenvalue weighted by molar-refractivity contribution is -0.137. The molecule has 1 saturated heterocycles. The Hall–Kier alpha value is -4.01. The van der Waals surface area contributed by atoms with E-state index < -0.39 is 35.2 Å². The summed E-state index contributed by atoms with van der Waals surface area (Å²) < 4.78 is 51.0. The molecule has 4 rings (SSSR count). The van der Waals surface area contributed by atoms with Gasteiger partial charge in [0.15, 0.2) is 0 Å². The van der Waals surface area contributed by atoms with Gasteiger partial charge < -0.3 is 14.3 Å². The predicted molar refractivity (Wildman–Crippen MR) is 127 cm³/mol. The Morgan fingerprint density at radius 1 is 1.03 bits per heavy atom. The third-order valence-electron chi connectivity index (χ3n) is 5.99. The summed E-state index contributed by atoms with van der Waals surface area (Å²) in [5.74, 6) is -1.91. The number of Topliss-reactive ketones (excluding diaryl/α,β-unsaturated/α-hetero) is 1. The molecule has 1 aliphatic rings. The molecule has 1 aromatic heterocycles. The number of hydrogen-bond acceptors (Lipinski definition) is 5. The average Bonchev–Trinajstić information content (AvgIpc) is 3.44. The zero-order valence-electron chi connectivity index (χ0n) is 20.0. The Kier molecular flexibility index (Phi) is 6.20. The Morgan fingerprint density at radius 3 is 2.33 bits per heavy atom. The first-order chi connectivity index (χ1) is 16.8. The van der Waals surface area contributed by atoms with E-state index in [0.717, 1.165) is 28.7 Å². The van der Waals surface area contributed by atoms with Gasteiger partial charge in [0, 0.05) is 16.8 Å². The molecule has 1 N–H and O–H groups in total. The molecule has 0 aliphatic carbocycles. The van der Waals surface area contributed by atoms with Crippen LogP contribution < -0.4 is 9.64 Å². The van der Waals surface area contributed by atoms with Crippen LogP contribution in [0.4, 0.5) is 18.9 Å². The third kappa shape index (κ3) is 4.36. The van der Waals surface area contributed by atoms with E-state index in [-0.39, 0.29) is 28.0 Å². The molecule has 0 spiro atoms. The number of ether oxygens (including phenoxy) is 1. The summed E-state index contributed by atoms with van der Waals surface area (Å²) in [6.45, 7) is 5.85. The fourth-order valence-corrected chi connectivity index (χ4v) is 4.24. The van der Waals surface area contributed by atoms with E-state index in [1.165, 1.54) is 31.6 Å². The summed E-state index contributed by atoms with van der Waals surface area (Å²) in [6, 6.07) is 10.7. The van der Waals surface area contributed by atoms with E-state index in [9.17, 15) is 27.9 Å². The second-order valence-corrected chi connectivity index (χ2v) is 9.40. The average molecular weight is 499 g/mol. The van der Waals surface area contributed by atoms with Gasteiger partial charge in [-0.1, -0.05) is 26.8 Å². The van der Waals surface area contributed by atoms with Crippen LogP contribution in [-0.4, -0.2) is 23.9 Å². The van der Waals surface area contributed by atoms with Crippen LogP contribution >= 0.6 is 0 Å². The van der Waals surface area contributed by atoms with Gasteiger partial charge in [0.1, 0.15) is 23.3 Å². The molecule has 2 aromatic carbocycles. The van der Waals surface area contributed by atoms with Crippen LogP contribution in [-0.2, 0) is 21.2 Å². The van der Waals surface area contributed by atoms with Crippen molar-refractivity contribution in [1.82, 2.24) is 0 Å². The van der Waals surface area contributed by atoms with Crippen LogP contribution in [0.15, 0.2) is 70.9 Å². The minimum absolute atomic E-state index is 0.109. The van der Waals surface area contributed by atoms with E-state index >= 15 is 0 Å². The van der Waals surface area contributed by atoms with Crippen molar-refractivity contribution >= 4 is 23.1 Å². The SMILES string of the molecule is COc1ccc(/C(O)=C2/C(=O)C(=O)N(c3cccc(C(F)(F)F)c3)C2c2ccco2)cc1C(C)(C)C. The van der Waals surface area contributed by atoms with Crippen LogP contribution in [0, 0.1) is 0 Å². The predicted octanol–water partition coefficient (Wildman–Crippen LogP) is 6.23.